The maximum Gasteiger partial charge on any atom is 0.254 e. The van der Waals surface area contributed by atoms with Gasteiger partial charge < -0.3 is 20.1 Å². The van der Waals surface area contributed by atoms with Crippen LogP contribution in [0.5, 0.6) is 11.5 Å². The Morgan fingerprint density at radius 3 is 2.81 bits per heavy atom. The van der Waals surface area contributed by atoms with Gasteiger partial charge in [-0.15, -0.1) is 0 Å². The van der Waals surface area contributed by atoms with Crippen LogP contribution in [0.15, 0.2) is 18.2 Å². The first-order chi connectivity index (χ1) is 10.2. The van der Waals surface area contributed by atoms with E-state index in [1.807, 2.05) is 17.0 Å². The van der Waals surface area contributed by atoms with Gasteiger partial charge >= 0.3 is 0 Å². The molecule has 114 valence electrons. The zero-order valence-corrected chi connectivity index (χ0v) is 12.4. The van der Waals surface area contributed by atoms with Gasteiger partial charge in [-0.2, -0.15) is 0 Å². The molecule has 1 aromatic rings. The number of carbonyl (C=O) groups is 1. The lowest BCUT2D eigenvalue weighted by Gasteiger charge is -2.37. The number of rotatable bonds is 2. The van der Waals surface area contributed by atoms with Gasteiger partial charge in [-0.3, -0.25) is 4.79 Å². The number of fused-ring (bicyclic) bond motifs is 1. The Hall–Kier alpha value is -1.75. The Bertz CT molecular complexity index is 532. The lowest BCUT2D eigenvalue weighted by atomic mass is 9.93. The second-order valence-corrected chi connectivity index (χ2v) is 5.84. The molecule has 5 nitrogen and oxygen atoms in total. The standard InChI is InChI=1S/C16H22N2O3/c1-11-2-3-12(9-17)10-18(11)16(19)13-4-5-14-15(8-13)21-7-6-20-14/h4-5,8,11-12H,2-3,6-7,9-10,17H2,1H3. The SMILES string of the molecule is CC1CCC(CN)CN1C(=O)c1ccc2c(c1)OCCO2. The molecule has 1 fully saturated rings. The van der Waals surface area contributed by atoms with Gasteiger partial charge in [0.1, 0.15) is 13.2 Å². The molecule has 2 aliphatic heterocycles. The molecule has 2 heterocycles. The Balaban J connectivity index is 1.80. The van der Waals surface area contributed by atoms with Gasteiger partial charge in [0, 0.05) is 18.2 Å². The molecular formula is C16H22N2O3. The second kappa shape index (κ2) is 5.93. The maximum atomic E-state index is 12.7. The first kappa shape index (κ1) is 14.2. The molecular weight excluding hydrogens is 268 g/mol. The van der Waals surface area contributed by atoms with Crippen molar-refractivity contribution in [2.24, 2.45) is 11.7 Å². The number of piperidine rings is 1. The van der Waals surface area contributed by atoms with Gasteiger partial charge in [0.05, 0.1) is 0 Å². The van der Waals surface area contributed by atoms with Crippen LogP contribution in [0, 0.1) is 5.92 Å². The summed E-state index contributed by atoms with van der Waals surface area (Å²) in [5.41, 5.74) is 6.42. The zero-order valence-electron chi connectivity index (χ0n) is 12.4. The molecule has 1 aromatic carbocycles. The summed E-state index contributed by atoms with van der Waals surface area (Å²) < 4.78 is 11.0. The van der Waals surface area contributed by atoms with Crippen LogP contribution in [0.3, 0.4) is 0 Å². The summed E-state index contributed by atoms with van der Waals surface area (Å²) in [7, 11) is 0. The van der Waals surface area contributed by atoms with Gasteiger partial charge in [0.25, 0.3) is 5.91 Å². The lowest BCUT2D eigenvalue weighted by molar-refractivity contribution is 0.0566. The van der Waals surface area contributed by atoms with Gasteiger partial charge in [-0.05, 0) is 50.4 Å². The van der Waals surface area contributed by atoms with E-state index < -0.39 is 0 Å². The van der Waals surface area contributed by atoms with Crippen molar-refractivity contribution >= 4 is 5.91 Å². The van der Waals surface area contributed by atoms with E-state index in [2.05, 4.69) is 6.92 Å². The highest BCUT2D eigenvalue weighted by molar-refractivity contribution is 5.95. The smallest absolute Gasteiger partial charge is 0.254 e. The molecule has 0 saturated carbocycles. The fourth-order valence-electron chi connectivity index (χ4n) is 3.00. The van der Waals surface area contributed by atoms with E-state index in [1.165, 1.54) is 0 Å². The molecule has 2 aliphatic rings. The van der Waals surface area contributed by atoms with Crippen molar-refractivity contribution in [2.75, 3.05) is 26.3 Å². The number of nitrogens with two attached hydrogens (primary N) is 1. The Kier molecular flexibility index (Phi) is 4.01. The fraction of sp³-hybridized carbons (Fsp3) is 0.562. The predicted molar refractivity (Wildman–Crippen MR) is 79.7 cm³/mol. The summed E-state index contributed by atoms with van der Waals surface area (Å²) in [6.45, 7) is 4.56. The summed E-state index contributed by atoms with van der Waals surface area (Å²) >= 11 is 0. The van der Waals surface area contributed by atoms with Crippen molar-refractivity contribution in [3.05, 3.63) is 23.8 Å². The summed E-state index contributed by atoms with van der Waals surface area (Å²) in [5.74, 6) is 1.83. The van der Waals surface area contributed by atoms with E-state index >= 15 is 0 Å². The normalized spacial score (nSPS) is 24.8. The van der Waals surface area contributed by atoms with Crippen molar-refractivity contribution < 1.29 is 14.3 Å². The summed E-state index contributed by atoms with van der Waals surface area (Å²) in [6.07, 6.45) is 2.11. The number of likely N-dealkylation sites (tertiary alicyclic amines) is 1. The number of hydrogen-bond donors (Lipinski definition) is 1. The number of hydrogen-bond acceptors (Lipinski definition) is 4. The van der Waals surface area contributed by atoms with E-state index in [0.29, 0.717) is 42.7 Å². The first-order valence-corrected chi connectivity index (χ1v) is 7.59. The number of carbonyl (C=O) groups excluding carboxylic acids is 1. The monoisotopic (exact) mass is 290 g/mol. The molecule has 2 unspecified atom stereocenters. The highest BCUT2D eigenvalue weighted by Gasteiger charge is 2.29. The third kappa shape index (κ3) is 2.83. The minimum atomic E-state index is 0.0534. The number of benzene rings is 1. The quantitative estimate of drug-likeness (QED) is 0.899. The van der Waals surface area contributed by atoms with Gasteiger partial charge in [-0.1, -0.05) is 0 Å². The number of nitrogens with zero attached hydrogens (tertiary/aromatic N) is 1. The van der Waals surface area contributed by atoms with Crippen LogP contribution in [0.1, 0.15) is 30.1 Å². The maximum absolute atomic E-state index is 12.7. The molecule has 21 heavy (non-hydrogen) atoms. The molecule has 2 atom stereocenters. The predicted octanol–water partition coefficient (Wildman–Crippen LogP) is 1.66. The van der Waals surface area contributed by atoms with Crippen molar-refractivity contribution in [3.63, 3.8) is 0 Å². The second-order valence-electron chi connectivity index (χ2n) is 5.84. The van der Waals surface area contributed by atoms with Crippen molar-refractivity contribution in [1.29, 1.82) is 0 Å². The Labute approximate surface area is 125 Å². The molecule has 2 N–H and O–H groups in total. The third-order valence-electron chi connectivity index (χ3n) is 4.36. The third-order valence-corrected chi connectivity index (χ3v) is 4.36. The van der Waals surface area contributed by atoms with Crippen LogP contribution in [0.4, 0.5) is 0 Å². The van der Waals surface area contributed by atoms with Gasteiger partial charge in [0.2, 0.25) is 0 Å². The number of ether oxygens (including phenoxy) is 2. The van der Waals surface area contributed by atoms with Crippen LogP contribution >= 0.6 is 0 Å². The van der Waals surface area contributed by atoms with E-state index in [4.69, 9.17) is 15.2 Å². The van der Waals surface area contributed by atoms with Crippen molar-refractivity contribution in [2.45, 2.75) is 25.8 Å². The Morgan fingerprint density at radius 1 is 1.29 bits per heavy atom. The molecule has 0 radical (unpaired) electrons. The van der Waals surface area contributed by atoms with Crippen LogP contribution < -0.4 is 15.2 Å². The van der Waals surface area contributed by atoms with E-state index in [0.717, 1.165) is 19.4 Å². The van der Waals surface area contributed by atoms with Crippen molar-refractivity contribution in [1.82, 2.24) is 4.90 Å². The Morgan fingerprint density at radius 2 is 2.05 bits per heavy atom. The van der Waals surface area contributed by atoms with Crippen LogP contribution in [-0.4, -0.2) is 43.2 Å². The molecule has 1 saturated heterocycles. The van der Waals surface area contributed by atoms with E-state index in [-0.39, 0.29) is 11.9 Å². The molecule has 3 rings (SSSR count). The minimum absolute atomic E-state index is 0.0534. The number of amides is 1. The summed E-state index contributed by atoms with van der Waals surface area (Å²) in [4.78, 5) is 14.7. The first-order valence-electron chi connectivity index (χ1n) is 7.59. The molecule has 0 aliphatic carbocycles. The highest BCUT2D eigenvalue weighted by atomic mass is 16.6. The summed E-state index contributed by atoms with van der Waals surface area (Å²) in [5, 5.41) is 0. The topological polar surface area (TPSA) is 64.8 Å². The largest absolute Gasteiger partial charge is 0.486 e. The van der Waals surface area contributed by atoms with Gasteiger partial charge in [0.15, 0.2) is 11.5 Å². The highest BCUT2D eigenvalue weighted by Crippen LogP contribution is 2.32. The average Bonchev–Trinajstić information content (AvgIpc) is 2.54. The van der Waals surface area contributed by atoms with E-state index in [1.54, 1.807) is 6.07 Å². The summed E-state index contributed by atoms with van der Waals surface area (Å²) in [6, 6.07) is 5.68. The van der Waals surface area contributed by atoms with Crippen molar-refractivity contribution in [3.8, 4) is 11.5 Å². The molecule has 0 aromatic heterocycles. The minimum Gasteiger partial charge on any atom is -0.486 e. The lowest BCUT2D eigenvalue weighted by Crippen LogP contribution is -2.47. The molecule has 0 bridgehead atoms. The van der Waals surface area contributed by atoms with Crippen LogP contribution in [-0.2, 0) is 0 Å². The molecule has 5 heteroatoms. The molecule has 1 amide bonds. The van der Waals surface area contributed by atoms with Crippen LogP contribution in [0.25, 0.3) is 0 Å². The fourth-order valence-corrected chi connectivity index (χ4v) is 3.00. The van der Waals surface area contributed by atoms with Gasteiger partial charge in [-0.25, -0.2) is 0 Å². The zero-order chi connectivity index (χ0) is 14.8. The molecule has 0 spiro atoms. The van der Waals surface area contributed by atoms with Crippen LogP contribution in [0.2, 0.25) is 0 Å². The average molecular weight is 290 g/mol. The van der Waals surface area contributed by atoms with E-state index in [9.17, 15) is 4.79 Å².